The van der Waals surface area contributed by atoms with Crippen LogP contribution in [0.3, 0.4) is 0 Å². The zero-order valence-corrected chi connectivity index (χ0v) is 31.1. The fourth-order valence-electron chi connectivity index (χ4n) is 7.78. The van der Waals surface area contributed by atoms with Gasteiger partial charge in [-0.2, -0.15) is 37.0 Å². The summed E-state index contributed by atoms with van der Waals surface area (Å²) < 4.78 is 77.3. The minimum absolute atomic E-state index is 0.0186. The van der Waals surface area contributed by atoms with Crippen LogP contribution in [0.5, 0.6) is 6.01 Å². The summed E-state index contributed by atoms with van der Waals surface area (Å²) in [6.45, 7) is 12.3. The third-order valence-electron chi connectivity index (χ3n) is 10.1. The number of fused-ring (bicyclic) bond motifs is 3. The van der Waals surface area contributed by atoms with E-state index in [0.29, 0.717) is 49.0 Å². The molecule has 1 unspecified atom stereocenters. The zero-order chi connectivity index (χ0) is 38.7. The molecule has 0 bridgehead atoms. The molecule has 4 aliphatic heterocycles. The number of carbonyl (C=O) groups is 1. The number of aryl methyl sites for hydroxylation is 1. The summed E-state index contributed by atoms with van der Waals surface area (Å²) in [4.78, 5) is 26.8. The number of nitrogens with zero attached hydrogens (tertiary/aromatic N) is 6. The van der Waals surface area contributed by atoms with Crippen molar-refractivity contribution in [2.24, 2.45) is 0 Å². The Hall–Kier alpha value is -4.02. The van der Waals surface area contributed by atoms with E-state index in [2.05, 4.69) is 26.8 Å². The largest absolute Gasteiger partial charge is 0.461 e. The van der Waals surface area contributed by atoms with Crippen molar-refractivity contribution in [3.05, 3.63) is 69.2 Å². The number of carbonyl (C=O) groups excluding carboxylic acids is 1. The van der Waals surface area contributed by atoms with Crippen molar-refractivity contribution < 1.29 is 36.2 Å². The molecule has 290 valence electrons. The molecule has 3 aromatic rings. The SMILES string of the molecule is C=C(F)F.CC.CNC(=O)c1nn2c(c1C)CN(c1nc(OCC34CCCN3CCC4)nc3c1COC(c1cc(N)cc(Cl)c1C(F)(F)F)C3)CCC2. The first-order valence-electron chi connectivity index (χ1n) is 17.8. The molecule has 53 heavy (non-hydrogen) atoms. The Morgan fingerprint density at radius 1 is 1.13 bits per heavy atom. The number of nitrogen functional groups attached to an aromatic ring is 1. The van der Waals surface area contributed by atoms with E-state index in [0.717, 1.165) is 62.5 Å². The van der Waals surface area contributed by atoms with Gasteiger partial charge in [-0.1, -0.05) is 25.4 Å². The highest BCUT2D eigenvalue weighted by molar-refractivity contribution is 6.31. The number of hydrogen-bond acceptors (Lipinski definition) is 9. The number of halogens is 6. The fourth-order valence-corrected chi connectivity index (χ4v) is 8.12. The molecule has 2 saturated heterocycles. The minimum atomic E-state index is -4.71. The number of nitrogens with two attached hydrogens (primary N) is 1. The highest BCUT2D eigenvalue weighted by Gasteiger charge is 2.45. The molecule has 1 amide bonds. The lowest BCUT2D eigenvalue weighted by Crippen LogP contribution is -2.43. The molecule has 0 saturated carbocycles. The van der Waals surface area contributed by atoms with Gasteiger partial charge in [-0.3, -0.25) is 14.4 Å². The van der Waals surface area contributed by atoms with Gasteiger partial charge in [0.1, 0.15) is 12.4 Å². The van der Waals surface area contributed by atoms with Crippen molar-refractivity contribution in [2.45, 2.75) is 96.8 Å². The number of rotatable bonds is 6. The van der Waals surface area contributed by atoms with E-state index in [1.54, 1.807) is 7.05 Å². The van der Waals surface area contributed by atoms with Gasteiger partial charge in [0.15, 0.2) is 5.69 Å². The minimum Gasteiger partial charge on any atom is -0.461 e. The number of hydrogen-bond donors (Lipinski definition) is 2. The lowest BCUT2D eigenvalue weighted by atomic mass is 9.94. The topological polar surface area (TPSA) is 124 Å². The molecule has 3 N–H and O–H groups in total. The number of benzene rings is 1. The van der Waals surface area contributed by atoms with Gasteiger partial charge in [0.25, 0.3) is 12.0 Å². The average molecular weight is 769 g/mol. The lowest BCUT2D eigenvalue weighted by molar-refractivity contribution is -0.139. The molecular weight excluding hydrogens is 723 g/mol. The van der Waals surface area contributed by atoms with Crippen LogP contribution in [0.25, 0.3) is 0 Å². The van der Waals surface area contributed by atoms with Gasteiger partial charge in [0.05, 0.1) is 46.8 Å². The number of nitrogens with one attached hydrogen (secondary N) is 1. The third-order valence-corrected chi connectivity index (χ3v) is 10.4. The van der Waals surface area contributed by atoms with E-state index in [4.69, 9.17) is 36.8 Å². The number of aromatic nitrogens is 4. The predicted molar refractivity (Wildman–Crippen MR) is 191 cm³/mol. The van der Waals surface area contributed by atoms with Crippen LogP contribution in [0.4, 0.5) is 33.5 Å². The number of amides is 1. The molecule has 2 aromatic heterocycles. The standard InChI is InChI=1S/C32H38ClF3N8O3.C2H2F2.C2H6/c1-18-24-15-42(8-5-11-44(24)41-27(18)29(45)38-2)28-21-16-46-25(20-12-19(37)13-22(33)26(20)32(34,35)36)14-23(21)39-30(40-28)47-17-31-6-3-9-43(31)10-4-7-31;1-2(3)4;1-2/h12-13,25H,3-11,14-17,37H2,1-2H3,(H,38,45);1H2;1-2H3. The van der Waals surface area contributed by atoms with Crippen LogP contribution in [0.15, 0.2) is 24.8 Å². The van der Waals surface area contributed by atoms with E-state index in [1.165, 1.54) is 6.07 Å². The molecular formula is C36H46ClF5N8O3. The summed E-state index contributed by atoms with van der Waals surface area (Å²) in [5.41, 5.74) is 8.24. The summed E-state index contributed by atoms with van der Waals surface area (Å²) in [6, 6.07) is 2.57. The Balaban J connectivity index is 0.000000847. The van der Waals surface area contributed by atoms with Gasteiger partial charge in [0, 0.05) is 43.4 Å². The van der Waals surface area contributed by atoms with Crippen LogP contribution < -0.4 is 20.7 Å². The molecule has 0 radical (unpaired) electrons. The summed E-state index contributed by atoms with van der Waals surface area (Å²) in [7, 11) is 1.58. The Morgan fingerprint density at radius 3 is 2.45 bits per heavy atom. The van der Waals surface area contributed by atoms with Crippen LogP contribution in [0.1, 0.15) is 96.2 Å². The summed E-state index contributed by atoms with van der Waals surface area (Å²) in [5.74, 6) is 0.351. The van der Waals surface area contributed by atoms with Crippen molar-refractivity contribution in [2.75, 3.05) is 43.9 Å². The van der Waals surface area contributed by atoms with Gasteiger partial charge in [-0.15, -0.1) is 0 Å². The Labute approximate surface area is 310 Å². The number of anilines is 2. The number of ether oxygens (including phenoxy) is 2. The summed E-state index contributed by atoms with van der Waals surface area (Å²) >= 11 is 6.09. The first kappa shape index (κ1) is 40.2. The molecule has 1 atom stereocenters. The van der Waals surface area contributed by atoms with Crippen LogP contribution >= 0.6 is 11.6 Å². The zero-order valence-electron chi connectivity index (χ0n) is 30.4. The molecule has 7 rings (SSSR count). The van der Waals surface area contributed by atoms with Crippen molar-refractivity contribution in [3.8, 4) is 6.01 Å². The average Bonchev–Trinajstić information content (AvgIpc) is 3.73. The van der Waals surface area contributed by atoms with Crippen molar-refractivity contribution in [1.29, 1.82) is 0 Å². The molecule has 11 nitrogen and oxygen atoms in total. The molecule has 1 aromatic carbocycles. The lowest BCUT2D eigenvalue weighted by Gasteiger charge is -2.33. The Bertz CT molecular complexity index is 1810. The third kappa shape index (κ3) is 8.54. The second-order valence-corrected chi connectivity index (χ2v) is 13.7. The molecule has 2 fully saturated rings. The Kier molecular flexibility index (Phi) is 12.5. The normalized spacial score (nSPS) is 19.1. The number of alkyl halides is 3. The molecule has 4 aliphatic rings. The first-order chi connectivity index (χ1) is 25.2. The van der Waals surface area contributed by atoms with Crippen molar-refractivity contribution in [1.82, 2.24) is 30.0 Å². The fraction of sp³-hybridized carbons (Fsp3) is 0.556. The predicted octanol–water partition coefficient (Wildman–Crippen LogP) is 7.25. The molecule has 0 aliphatic carbocycles. The molecule has 0 spiro atoms. The van der Waals surface area contributed by atoms with E-state index < -0.39 is 28.9 Å². The Morgan fingerprint density at radius 2 is 1.81 bits per heavy atom. The van der Waals surface area contributed by atoms with Crippen LogP contribution in [-0.2, 0) is 37.0 Å². The smallest absolute Gasteiger partial charge is 0.418 e. The van der Waals surface area contributed by atoms with Crippen molar-refractivity contribution >= 4 is 29.0 Å². The molecule has 6 heterocycles. The van der Waals surface area contributed by atoms with E-state index in [9.17, 15) is 26.7 Å². The maximum absolute atomic E-state index is 14.2. The van der Waals surface area contributed by atoms with Crippen LogP contribution in [0.2, 0.25) is 5.02 Å². The van der Waals surface area contributed by atoms with Gasteiger partial charge >= 0.3 is 12.2 Å². The first-order valence-corrected chi connectivity index (χ1v) is 18.2. The van der Waals surface area contributed by atoms with E-state index >= 15 is 0 Å². The van der Waals surface area contributed by atoms with E-state index in [1.807, 2.05) is 25.5 Å². The van der Waals surface area contributed by atoms with Crippen LogP contribution in [-0.4, -0.2) is 69.4 Å². The second-order valence-electron chi connectivity index (χ2n) is 13.3. The van der Waals surface area contributed by atoms with Gasteiger partial charge in [0.2, 0.25) is 0 Å². The summed E-state index contributed by atoms with van der Waals surface area (Å²) in [5, 5.41) is 6.76. The highest BCUT2D eigenvalue weighted by Crippen LogP contribution is 2.45. The van der Waals surface area contributed by atoms with Gasteiger partial charge in [-0.25, -0.2) is 0 Å². The van der Waals surface area contributed by atoms with E-state index in [-0.39, 0.29) is 41.7 Å². The maximum atomic E-state index is 14.2. The van der Waals surface area contributed by atoms with Crippen LogP contribution in [0, 0.1) is 6.92 Å². The summed E-state index contributed by atoms with van der Waals surface area (Å²) in [6.07, 6.45) is -2.44. The van der Waals surface area contributed by atoms with Gasteiger partial charge < -0.3 is 25.4 Å². The maximum Gasteiger partial charge on any atom is 0.418 e. The quantitative estimate of drug-likeness (QED) is 0.197. The molecule has 17 heteroatoms. The monoisotopic (exact) mass is 768 g/mol. The van der Waals surface area contributed by atoms with Gasteiger partial charge in [-0.05, 0) is 76.4 Å². The second kappa shape index (κ2) is 16.6. The van der Waals surface area contributed by atoms with Crippen molar-refractivity contribution in [3.63, 3.8) is 0 Å². The highest BCUT2D eigenvalue weighted by atomic mass is 35.5.